The van der Waals surface area contributed by atoms with Gasteiger partial charge in [-0.1, -0.05) is 31.2 Å². The highest BCUT2D eigenvalue weighted by atomic mass is 32.2. The summed E-state index contributed by atoms with van der Waals surface area (Å²) in [4.78, 5) is 4.66. The molecule has 0 aliphatic carbocycles. The average molecular weight is 345 g/mol. The van der Waals surface area contributed by atoms with Gasteiger partial charge in [-0.15, -0.1) is 0 Å². The van der Waals surface area contributed by atoms with E-state index in [9.17, 15) is 8.42 Å². The molecule has 2 rings (SSSR count). The predicted molar refractivity (Wildman–Crippen MR) is 99.1 cm³/mol. The molecule has 0 amide bonds. The number of nitrogens with two attached hydrogens (primary N) is 1. The second-order valence-corrected chi connectivity index (χ2v) is 7.74. The third-order valence-electron chi connectivity index (χ3n) is 3.68. The first kappa shape index (κ1) is 18.0. The first-order valence-electron chi connectivity index (χ1n) is 7.75. The van der Waals surface area contributed by atoms with E-state index in [4.69, 9.17) is 5.73 Å². The van der Waals surface area contributed by atoms with Crippen LogP contribution in [0.15, 0.2) is 52.4 Å². The molecule has 0 radical (unpaired) electrons. The van der Waals surface area contributed by atoms with Crippen molar-refractivity contribution < 1.29 is 8.42 Å². The number of rotatable bonds is 5. The zero-order valence-corrected chi connectivity index (χ0v) is 15.0. The van der Waals surface area contributed by atoms with E-state index in [2.05, 4.69) is 23.3 Å². The lowest BCUT2D eigenvalue weighted by Crippen LogP contribution is -2.22. The van der Waals surface area contributed by atoms with Crippen molar-refractivity contribution in [3.63, 3.8) is 0 Å². The van der Waals surface area contributed by atoms with Crippen molar-refractivity contribution in [3.8, 4) is 0 Å². The Kier molecular flexibility index (Phi) is 5.62. The van der Waals surface area contributed by atoms with Crippen LogP contribution in [0, 0.1) is 6.92 Å². The van der Waals surface area contributed by atoms with Crippen LogP contribution in [0.1, 0.15) is 23.6 Å². The molecule has 0 fully saturated rings. The standard InChI is InChI=1S/C18H23N3O2S/c1-4-14-6-5-7-16(11-14)21-18(19)20-12-15-8-9-17(13(2)10-15)24(3,22)23/h5-11H,4,12H2,1-3H3,(H3,19,20,21). The van der Waals surface area contributed by atoms with Gasteiger partial charge in [0, 0.05) is 11.9 Å². The summed E-state index contributed by atoms with van der Waals surface area (Å²) in [5.41, 5.74) is 9.67. The zero-order valence-electron chi connectivity index (χ0n) is 14.2. The number of sulfone groups is 1. The Morgan fingerprint density at radius 3 is 2.54 bits per heavy atom. The topological polar surface area (TPSA) is 84.5 Å². The first-order chi connectivity index (χ1) is 11.3. The summed E-state index contributed by atoms with van der Waals surface area (Å²) in [6, 6.07) is 13.2. The zero-order chi connectivity index (χ0) is 17.7. The van der Waals surface area contributed by atoms with Gasteiger partial charge in [-0.05, 0) is 48.2 Å². The van der Waals surface area contributed by atoms with Crippen LogP contribution in [0.25, 0.3) is 0 Å². The second-order valence-electron chi connectivity index (χ2n) is 5.75. The Morgan fingerprint density at radius 2 is 1.92 bits per heavy atom. The Morgan fingerprint density at radius 1 is 1.17 bits per heavy atom. The second kappa shape index (κ2) is 7.49. The molecule has 0 bridgehead atoms. The molecule has 0 aromatic heterocycles. The van der Waals surface area contributed by atoms with E-state index in [-0.39, 0.29) is 0 Å². The third kappa shape index (κ3) is 4.83. The van der Waals surface area contributed by atoms with E-state index in [1.165, 1.54) is 11.8 Å². The van der Waals surface area contributed by atoms with Gasteiger partial charge in [0.05, 0.1) is 11.4 Å². The largest absolute Gasteiger partial charge is 0.370 e. The predicted octanol–water partition coefficient (Wildman–Crippen LogP) is 2.89. The number of guanidine groups is 1. The van der Waals surface area contributed by atoms with Crippen molar-refractivity contribution in [2.75, 3.05) is 11.6 Å². The quantitative estimate of drug-likeness (QED) is 0.644. The Hall–Kier alpha value is -2.34. The maximum absolute atomic E-state index is 11.6. The summed E-state index contributed by atoms with van der Waals surface area (Å²) in [5, 5.41) is 3.07. The molecule has 0 atom stereocenters. The molecule has 0 saturated heterocycles. The van der Waals surface area contributed by atoms with Crippen molar-refractivity contribution in [2.24, 2.45) is 10.7 Å². The fraction of sp³-hybridized carbons (Fsp3) is 0.278. The minimum Gasteiger partial charge on any atom is -0.370 e. The normalized spacial score (nSPS) is 12.2. The summed E-state index contributed by atoms with van der Waals surface area (Å²) in [5.74, 6) is 0.327. The molecular formula is C18H23N3O2S. The number of anilines is 1. The molecule has 5 nitrogen and oxygen atoms in total. The fourth-order valence-corrected chi connectivity index (χ4v) is 3.42. The van der Waals surface area contributed by atoms with Gasteiger partial charge >= 0.3 is 0 Å². The molecule has 0 heterocycles. The summed E-state index contributed by atoms with van der Waals surface area (Å²) < 4.78 is 23.3. The highest BCUT2D eigenvalue weighted by molar-refractivity contribution is 7.90. The SMILES string of the molecule is CCc1cccc(NC(N)=NCc2ccc(S(C)(=O)=O)c(C)c2)c1. The van der Waals surface area contributed by atoms with Crippen molar-refractivity contribution in [1.82, 2.24) is 0 Å². The van der Waals surface area contributed by atoms with Gasteiger partial charge in [0.1, 0.15) is 0 Å². The monoisotopic (exact) mass is 345 g/mol. The van der Waals surface area contributed by atoms with Crippen LogP contribution >= 0.6 is 0 Å². The average Bonchev–Trinajstić information content (AvgIpc) is 2.52. The molecule has 0 saturated carbocycles. The summed E-state index contributed by atoms with van der Waals surface area (Å²) >= 11 is 0. The van der Waals surface area contributed by atoms with Gasteiger partial charge in [0.2, 0.25) is 0 Å². The van der Waals surface area contributed by atoms with E-state index < -0.39 is 9.84 Å². The number of hydrogen-bond donors (Lipinski definition) is 2. The first-order valence-corrected chi connectivity index (χ1v) is 9.64. The fourth-order valence-electron chi connectivity index (χ4n) is 2.46. The lowest BCUT2D eigenvalue weighted by atomic mass is 10.1. The van der Waals surface area contributed by atoms with Gasteiger partial charge in [-0.25, -0.2) is 13.4 Å². The van der Waals surface area contributed by atoms with Crippen LogP contribution in [-0.2, 0) is 22.8 Å². The highest BCUT2D eigenvalue weighted by Crippen LogP contribution is 2.17. The van der Waals surface area contributed by atoms with E-state index in [0.29, 0.717) is 23.0 Å². The Bertz CT molecular complexity index is 858. The van der Waals surface area contributed by atoms with Crippen LogP contribution in [0.5, 0.6) is 0 Å². The molecule has 2 aromatic rings. The van der Waals surface area contributed by atoms with Crippen LogP contribution in [0.4, 0.5) is 5.69 Å². The number of nitrogens with one attached hydrogen (secondary N) is 1. The molecule has 0 unspecified atom stereocenters. The minimum absolute atomic E-state index is 0.327. The smallest absolute Gasteiger partial charge is 0.193 e. The Labute approximate surface area is 143 Å². The minimum atomic E-state index is -3.20. The maximum Gasteiger partial charge on any atom is 0.193 e. The molecule has 0 aliphatic heterocycles. The van der Waals surface area contributed by atoms with Gasteiger partial charge in [0.25, 0.3) is 0 Å². The number of aliphatic imine (C=N–C) groups is 1. The lowest BCUT2D eigenvalue weighted by Gasteiger charge is -2.08. The molecular weight excluding hydrogens is 322 g/mol. The van der Waals surface area contributed by atoms with E-state index in [1.54, 1.807) is 19.1 Å². The van der Waals surface area contributed by atoms with Crippen molar-refractivity contribution in [2.45, 2.75) is 31.7 Å². The van der Waals surface area contributed by atoms with E-state index >= 15 is 0 Å². The van der Waals surface area contributed by atoms with Crippen LogP contribution in [0.3, 0.4) is 0 Å². The molecule has 0 aliphatic rings. The molecule has 128 valence electrons. The summed E-state index contributed by atoms with van der Waals surface area (Å²) in [6.07, 6.45) is 2.16. The molecule has 0 spiro atoms. The van der Waals surface area contributed by atoms with E-state index in [0.717, 1.165) is 17.7 Å². The number of hydrogen-bond acceptors (Lipinski definition) is 3. The van der Waals surface area contributed by atoms with Crippen LogP contribution < -0.4 is 11.1 Å². The molecule has 24 heavy (non-hydrogen) atoms. The molecule has 3 N–H and O–H groups in total. The van der Waals surface area contributed by atoms with Crippen LogP contribution in [-0.4, -0.2) is 20.6 Å². The van der Waals surface area contributed by atoms with Crippen molar-refractivity contribution in [3.05, 3.63) is 59.2 Å². The summed E-state index contributed by atoms with van der Waals surface area (Å²) in [7, 11) is -3.20. The molecule has 6 heteroatoms. The summed E-state index contributed by atoms with van der Waals surface area (Å²) in [6.45, 7) is 4.26. The van der Waals surface area contributed by atoms with Crippen molar-refractivity contribution >= 4 is 21.5 Å². The van der Waals surface area contributed by atoms with Crippen LogP contribution in [0.2, 0.25) is 0 Å². The van der Waals surface area contributed by atoms with Crippen molar-refractivity contribution in [1.29, 1.82) is 0 Å². The van der Waals surface area contributed by atoms with E-state index in [1.807, 2.05) is 24.3 Å². The number of nitrogens with zero attached hydrogens (tertiary/aromatic N) is 1. The van der Waals surface area contributed by atoms with Gasteiger partial charge in [0.15, 0.2) is 15.8 Å². The maximum atomic E-state index is 11.6. The highest BCUT2D eigenvalue weighted by Gasteiger charge is 2.10. The van der Waals surface area contributed by atoms with Gasteiger partial charge in [-0.2, -0.15) is 0 Å². The molecule has 2 aromatic carbocycles. The van der Waals surface area contributed by atoms with Gasteiger partial charge < -0.3 is 11.1 Å². The number of aryl methyl sites for hydroxylation is 2. The number of benzene rings is 2. The Balaban J connectivity index is 2.08. The third-order valence-corrected chi connectivity index (χ3v) is 4.94. The van der Waals surface area contributed by atoms with Gasteiger partial charge in [-0.3, -0.25) is 0 Å². The lowest BCUT2D eigenvalue weighted by molar-refractivity contribution is 0.601.